The summed E-state index contributed by atoms with van der Waals surface area (Å²) in [6.07, 6.45) is 0.856. The monoisotopic (exact) mass is 205 g/mol. The molecular weight excluding hydrogens is 193 g/mol. The number of nitriles is 1. The van der Waals surface area contributed by atoms with Crippen LogP contribution in [0.1, 0.15) is 18.9 Å². The molecule has 1 aromatic rings. The van der Waals surface area contributed by atoms with Crippen LogP contribution in [-0.4, -0.2) is 23.8 Å². The van der Waals surface area contributed by atoms with Gasteiger partial charge in [-0.2, -0.15) is 5.26 Å². The molecule has 0 saturated carbocycles. The first-order chi connectivity index (χ1) is 7.19. The molecular formula is C10H12BNO3. The van der Waals surface area contributed by atoms with E-state index in [1.165, 1.54) is 12.1 Å². The van der Waals surface area contributed by atoms with Gasteiger partial charge in [0.2, 0.25) is 0 Å². The van der Waals surface area contributed by atoms with E-state index in [4.69, 9.17) is 20.0 Å². The zero-order chi connectivity index (χ0) is 11.3. The van der Waals surface area contributed by atoms with E-state index < -0.39 is 7.12 Å². The van der Waals surface area contributed by atoms with E-state index in [0.717, 1.165) is 6.42 Å². The van der Waals surface area contributed by atoms with Gasteiger partial charge in [0.1, 0.15) is 11.8 Å². The van der Waals surface area contributed by atoms with Crippen molar-refractivity contribution in [2.75, 3.05) is 6.61 Å². The lowest BCUT2D eigenvalue weighted by Gasteiger charge is -2.07. The first-order valence-corrected chi connectivity index (χ1v) is 4.72. The van der Waals surface area contributed by atoms with Crippen molar-refractivity contribution in [1.29, 1.82) is 5.26 Å². The maximum Gasteiger partial charge on any atom is 0.488 e. The molecule has 1 aromatic carbocycles. The minimum atomic E-state index is -1.56. The third-order valence-corrected chi connectivity index (χ3v) is 1.88. The van der Waals surface area contributed by atoms with Crippen LogP contribution in [0.25, 0.3) is 0 Å². The molecule has 78 valence electrons. The molecule has 0 fully saturated rings. The highest BCUT2D eigenvalue weighted by Gasteiger charge is 2.13. The summed E-state index contributed by atoms with van der Waals surface area (Å²) < 4.78 is 5.33. The Morgan fingerprint density at radius 1 is 1.47 bits per heavy atom. The Bertz CT molecular complexity index is 373. The largest absolute Gasteiger partial charge is 0.492 e. The molecule has 0 saturated heterocycles. The summed E-state index contributed by atoms with van der Waals surface area (Å²) >= 11 is 0. The lowest BCUT2D eigenvalue weighted by molar-refractivity contribution is 0.316. The molecule has 0 radical (unpaired) electrons. The fourth-order valence-electron chi connectivity index (χ4n) is 1.13. The van der Waals surface area contributed by atoms with Crippen molar-refractivity contribution in [3.8, 4) is 11.8 Å². The summed E-state index contributed by atoms with van der Waals surface area (Å²) in [6.45, 7) is 2.51. The van der Waals surface area contributed by atoms with Crippen LogP contribution < -0.4 is 10.2 Å². The van der Waals surface area contributed by atoms with Gasteiger partial charge in [-0.3, -0.25) is 0 Å². The smallest absolute Gasteiger partial charge is 0.488 e. The topological polar surface area (TPSA) is 73.5 Å². The van der Waals surface area contributed by atoms with Gasteiger partial charge >= 0.3 is 7.12 Å². The fourth-order valence-corrected chi connectivity index (χ4v) is 1.13. The van der Waals surface area contributed by atoms with Gasteiger partial charge in [-0.25, -0.2) is 0 Å². The van der Waals surface area contributed by atoms with E-state index in [9.17, 15) is 0 Å². The average molecular weight is 205 g/mol. The highest BCUT2D eigenvalue weighted by molar-refractivity contribution is 6.58. The number of ether oxygens (including phenoxy) is 1. The van der Waals surface area contributed by atoms with E-state index >= 15 is 0 Å². The highest BCUT2D eigenvalue weighted by atomic mass is 16.5. The lowest BCUT2D eigenvalue weighted by atomic mass is 9.79. The van der Waals surface area contributed by atoms with Crippen LogP contribution in [0, 0.1) is 11.3 Å². The fraction of sp³-hybridized carbons (Fsp3) is 0.300. The second-order valence-corrected chi connectivity index (χ2v) is 3.09. The van der Waals surface area contributed by atoms with Crippen LogP contribution in [0.2, 0.25) is 0 Å². The second-order valence-electron chi connectivity index (χ2n) is 3.09. The van der Waals surface area contributed by atoms with Crippen LogP contribution in [0.3, 0.4) is 0 Å². The summed E-state index contributed by atoms with van der Waals surface area (Å²) in [5, 5.41) is 26.7. The third kappa shape index (κ3) is 2.98. The molecule has 0 aromatic heterocycles. The van der Waals surface area contributed by atoms with E-state index in [2.05, 4.69) is 0 Å². The Morgan fingerprint density at radius 3 is 2.73 bits per heavy atom. The van der Waals surface area contributed by atoms with Crippen molar-refractivity contribution in [3.05, 3.63) is 23.8 Å². The molecule has 0 bridgehead atoms. The number of rotatable bonds is 4. The molecule has 0 amide bonds. The Balaban J connectivity index is 2.95. The standard InChI is InChI=1S/C10H12BNO3/c1-2-5-15-10-4-3-9(11(13)14)6-8(10)7-12/h3-4,6,13-14H,2,5H2,1H3. The van der Waals surface area contributed by atoms with Gasteiger partial charge in [0.25, 0.3) is 0 Å². The molecule has 0 heterocycles. The summed E-state index contributed by atoms with van der Waals surface area (Å²) in [6, 6.07) is 6.46. The molecule has 0 spiro atoms. The van der Waals surface area contributed by atoms with Crippen LogP contribution in [0.5, 0.6) is 5.75 Å². The van der Waals surface area contributed by atoms with Crippen LogP contribution >= 0.6 is 0 Å². The number of hydrogen-bond acceptors (Lipinski definition) is 4. The Kier molecular flexibility index (Phi) is 4.16. The minimum absolute atomic E-state index is 0.287. The highest BCUT2D eigenvalue weighted by Crippen LogP contribution is 2.15. The molecule has 2 N–H and O–H groups in total. The van der Waals surface area contributed by atoms with Gasteiger partial charge in [0.15, 0.2) is 0 Å². The van der Waals surface area contributed by atoms with Gasteiger partial charge in [-0.15, -0.1) is 0 Å². The van der Waals surface area contributed by atoms with Crippen molar-refractivity contribution >= 4 is 12.6 Å². The van der Waals surface area contributed by atoms with Crippen molar-refractivity contribution in [2.24, 2.45) is 0 Å². The normalized spacial score (nSPS) is 9.47. The van der Waals surface area contributed by atoms with Crippen LogP contribution in [0.4, 0.5) is 0 Å². The number of benzene rings is 1. The third-order valence-electron chi connectivity index (χ3n) is 1.88. The van der Waals surface area contributed by atoms with E-state index in [0.29, 0.717) is 17.9 Å². The van der Waals surface area contributed by atoms with Gasteiger partial charge in [-0.1, -0.05) is 13.0 Å². The first kappa shape index (κ1) is 11.6. The molecule has 0 aliphatic rings. The van der Waals surface area contributed by atoms with Gasteiger partial charge < -0.3 is 14.8 Å². The zero-order valence-corrected chi connectivity index (χ0v) is 8.47. The molecule has 0 aliphatic carbocycles. The summed E-state index contributed by atoms with van der Waals surface area (Å²) in [5.74, 6) is 0.476. The predicted molar refractivity (Wildman–Crippen MR) is 56.8 cm³/mol. The SMILES string of the molecule is CCCOc1ccc(B(O)O)cc1C#N. The van der Waals surface area contributed by atoms with Crippen molar-refractivity contribution in [2.45, 2.75) is 13.3 Å². The molecule has 5 heteroatoms. The van der Waals surface area contributed by atoms with E-state index in [-0.39, 0.29) is 5.46 Å². The van der Waals surface area contributed by atoms with Crippen LogP contribution in [-0.2, 0) is 0 Å². The Hall–Kier alpha value is -1.51. The van der Waals surface area contributed by atoms with Crippen molar-refractivity contribution in [3.63, 3.8) is 0 Å². The quantitative estimate of drug-likeness (QED) is 0.680. The second kappa shape index (κ2) is 5.39. The van der Waals surface area contributed by atoms with Gasteiger partial charge in [0, 0.05) is 0 Å². The number of hydrogen-bond donors (Lipinski definition) is 2. The Morgan fingerprint density at radius 2 is 2.20 bits per heavy atom. The maximum absolute atomic E-state index is 8.92. The molecule has 4 nitrogen and oxygen atoms in total. The van der Waals surface area contributed by atoms with Gasteiger partial charge in [-0.05, 0) is 24.0 Å². The lowest BCUT2D eigenvalue weighted by Crippen LogP contribution is -2.29. The predicted octanol–water partition coefficient (Wildman–Crippen LogP) is 0.0269. The molecule has 0 unspecified atom stereocenters. The van der Waals surface area contributed by atoms with E-state index in [1.807, 2.05) is 13.0 Å². The maximum atomic E-state index is 8.92. The first-order valence-electron chi connectivity index (χ1n) is 4.72. The van der Waals surface area contributed by atoms with Crippen molar-refractivity contribution in [1.82, 2.24) is 0 Å². The Labute approximate surface area is 88.9 Å². The van der Waals surface area contributed by atoms with E-state index in [1.54, 1.807) is 6.07 Å². The summed E-state index contributed by atoms with van der Waals surface area (Å²) in [5.41, 5.74) is 0.601. The minimum Gasteiger partial charge on any atom is -0.492 e. The molecule has 15 heavy (non-hydrogen) atoms. The van der Waals surface area contributed by atoms with Gasteiger partial charge in [0.05, 0.1) is 12.2 Å². The zero-order valence-electron chi connectivity index (χ0n) is 8.47. The number of nitrogens with zero attached hydrogens (tertiary/aromatic N) is 1. The average Bonchev–Trinajstić information content (AvgIpc) is 2.25. The summed E-state index contributed by atoms with van der Waals surface area (Å²) in [7, 11) is -1.56. The van der Waals surface area contributed by atoms with Crippen LogP contribution in [0.15, 0.2) is 18.2 Å². The molecule has 1 rings (SSSR count). The molecule has 0 atom stereocenters. The molecule has 0 aliphatic heterocycles. The van der Waals surface area contributed by atoms with Crippen molar-refractivity contribution < 1.29 is 14.8 Å². The summed E-state index contributed by atoms with van der Waals surface area (Å²) in [4.78, 5) is 0.